The Morgan fingerprint density at radius 1 is 1.12 bits per heavy atom. The molecule has 1 aliphatic rings. The Labute approximate surface area is 154 Å². The van der Waals surface area contributed by atoms with Crippen LogP contribution < -0.4 is 5.32 Å². The van der Waals surface area contributed by atoms with E-state index in [-0.39, 0.29) is 11.5 Å². The number of amides is 2. The van der Waals surface area contributed by atoms with Crippen molar-refractivity contribution in [3.63, 3.8) is 0 Å². The van der Waals surface area contributed by atoms with Crippen LogP contribution >= 0.6 is 11.3 Å². The summed E-state index contributed by atoms with van der Waals surface area (Å²) >= 11 is 1.44. The van der Waals surface area contributed by atoms with Crippen LogP contribution in [0.3, 0.4) is 0 Å². The van der Waals surface area contributed by atoms with Crippen LogP contribution in [0.1, 0.15) is 20.0 Å². The van der Waals surface area contributed by atoms with Gasteiger partial charge in [0.25, 0.3) is 11.8 Å². The van der Waals surface area contributed by atoms with Crippen molar-refractivity contribution >= 4 is 23.2 Å². The number of hydrogen-bond donors (Lipinski definition) is 1. The summed E-state index contributed by atoms with van der Waals surface area (Å²) in [5.41, 5.74) is -0.169. The number of hydrogen-bond acceptors (Lipinski definition) is 4. The van der Waals surface area contributed by atoms with Gasteiger partial charge in [0.15, 0.2) is 0 Å². The number of nitrogens with one attached hydrogen (secondary N) is 1. The number of carbonyl (C=O) groups excluding carboxylic acids is 2. The van der Waals surface area contributed by atoms with Crippen molar-refractivity contribution in [3.05, 3.63) is 57.8 Å². The second-order valence-electron chi connectivity index (χ2n) is 5.99. The Morgan fingerprint density at radius 2 is 1.88 bits per heavy atom. The lowest BCUT2D eigenvalue weighted by Crippen LogP contribution is -2.50. The first-order valence-electron chi connectivity index (χ1n) is 8.33. The molecule has 0 saturated carbocycles. The molecule has 1 N–H and O–H groups in total. The molecule has 2 heterocycles. The molecule has 1 aromatic carbocycles. The van der Waals surface area contributed by atoms with Gasteiger partial charge in [-0.15, -0.1) is 11.3 Å². The molecule has 138 valence electrons. The largest absolute Gasteiger partial charge is 0.351 e. The van der Waals surface area contributed by atoms with Gasteiger partial charge in [0.2, 0.25) is 0 Å². The summed E-state index contributed by atoms with van der Waals surface area (Å²) in [5, 5.41) is 4.53. The fourth-order valence-electron chi connectivity index (χ4n) is 2.83. The molecular weight excluding hydrogens is 360 g/mol. The molecule has 5 nitrogen and oxygen atoms in total. The highest BCUT2D eigenvalue weighted by Gasteiger charge is 2.22. The van der Waals surface area contributed by atoms with Gasteiger partial charge in [-0.2, -0.15) is 0 Å². The molecule has 2 amide bonds. The predicted octanol–water partition coefficient (Wildman–Crippen LogP) is 2.21. The molecular formula is C18H19F2N3O2S. The van der Waals surface area contributed by atoms with Crippen LogP contribution in [0.2, 0.25) is 0 Å². The van der Waals surface area contributed by atoms with Crippen molar-refractivity contribution < 1.29 is 18.4 Å². The van der Waals surface area contributed by atoms with Gasteiger partial charge in [0, 0.05) is 45.3 Å². The van der Waals surface area contributed by atoms with Crippen molar-refractivity contribution in [2.45, 2.75) is 0 Å². The van der Waals surface area contributed by atoms with E-state index in [9.17, 15) is 18.4 Å². The van der Waals surface area contributed by atoms with E-state index >= 15 is 0 Å². The third-order valence-electron chi connectivity index (χ3n) is 4.28. The summed E-state index contributed by atoms with van der Waals surface area (Å²) < 4.78 is 26.4. The van der Waals surface area contributed by atoms with E-state index < -0.39 is 17.5 Å². The minimum Gasteiger partial charge on any atom is -0.351 e. The number of thiophene rings is 1. The van der Waals surface area contributed by atoms with Crippen molar-refractivity contribution in [2.24, 2.45) is 0 Å². The van der Waals surface area contributed by atoms with Crippen molar-refractivity contribution in [3.8, 4) is 0 Å². The molecule has 0 radical (unpaired) electrons. The average molecular weight is 379 g/mol. The quantitative estimate of drug-likeness (QED) is 0.867. The predicted molar refractivity (Wildman–Crippen MR) is 95.4 cm³/mol. The fourth-order valence-corrected chi connectivity index (χ4v) is 3.52. The van der Waals surface area contributed by atoms with E-state index in [1.54, 1.807) is 0 Å². The summed E-state index contributed by atoms with van der Waals surface area (Å²) in [6, 6.07) is 6.57. The van der Waals surface area contributed by atoms with Gasteiger partial charge in [-0.1, -0.05) is 6.07 Å². The molecule has 0 atom stereocenters. The van der Waals surface area contributed by atoms with Gasteiger partial charge in [0.05, 0.1) is 10.4 Å². The van der Waals surface area contributed by atoms with Crippen LogP contribution in [0.25, 0.3) is 0 Å². The summed E-state index contributed by atoms with van der Waals surface area (Å²) in [6.45, 7) is 3.68. The molecule has 2 aromatic rings. The van der Waals surface area contributed by atoms with Crippen LogP contribution in [0.4, 0.5) is 8.78 Å². The SMILES string of the molecule is O=C(NCCN1CCN(C(=O)c2cccs2)CC1)c1ccc(F)cc1F. The maximum Gasteiger partial charge on any atom is 0.264 e. The Morgan fingerprint density at radius 3 is 2.54 bits per heavy atom. The molecule has 1 fully saturated rings. The third kappa shape index (κ3) is 4.44. The van der Waals surface area contributed by atoms with Gasteiger partial charge >= 0.3 is 0 Å². The Kier molecular flexibility index (Phi) is 5.95. The lowest BCUT2D eigenvalue weighted by molar-refractivity contribution is 0.0642. The van der Waals surface area contributed by atoms with Gasteiger partial charge in [-0.05, 0) is 23.6 Å². The first kappa shape index (κ1) is 18.5. The zero-order valence-corrected chi connectivity index (χ0v) is 14.9. The summed E-state index contributed by atoms with van der Waals surface area (Å²) in [4.78, 5) is 28.9. The van der Waals surface area contributed by atoms with Crippen molar-refractivity contribution in [1.82, 2.24) is 15.1 Å². The standard InChI is InChI=1S/C18H19F2N3O2S/c19-13-3-4-14(15(20)12-13)17(24)21-5-6-22-7-9-23(10-8-22)18(25)16-2-1-11-26-16/h1-4,11-12H,5-10H2,(H,21,24). The first-order valence-corrected chi connectivity index (χ1v) is 9.21. The van der Waals surface area contributed by atoms with Crippen LogP contribution in [0.5, 0.6) is 0 Å². The minimum absolute atomic E-state index is 0.0553. The van der Waals surface area contributed by atoms with E-state index in [0.717, 1.165) is 30.1 Å². The molecule has 1 aliphatic heterocycles. The fraction of sp³-hybridized carbons (Fsp3) is 0.333. The summed E-state index contributed by atoms with van der Waals surface area (Å²) in [6.07, 6.45) is 0. The van der Waals surface area contributed by atoms with Crippen LogP contribution in [-0.4, -0.2) is 60.9 Å². The Hall–Kier alpha value is -2.32. The van der Waals surface area contributed by atoms with E-state index in [4.69, 9.17) is 0 Å². The van der Waals surface area contributed by atoms with Crippen molar-refractivity contribution in [2.75, 3.05) is 39.3 Å². The topological polar surface area (TPSA) is 52.7 Å². The molecule has 1 saturated heterocycles. The highest BCUT2D eigenvalue weighted by atomic mass is 32.1. The number of benzene rings is 1. The zero-order valence-electron chi connectivity index (χ0n) is 14.1. The smallest absolute Gasteiger partial charge is 0.264 e. The molecule has 1 aromatic heterocycles. The van der Waals surface area contributed by atoms with Crippen LogP contribution in [-0.2, 0) is 0 Å². The molecule has 0 aliphatic carbocycles. The number of piperazine rings is 1. The average Bonchev–Trinajstić information content (AvgIpc) is 3.16. The second-order valence-corrected chi connectivity index (χ2v) is 6.94. The number of halogens is 2. The molecule has 0 spiro atoms. The highest BCUT2D eigenvalue weighted by Crippen LogP contribution is 2.14. The van der Waals surface area contributed by atoms with Gasteiger partial charge in [0.1, 0.15) is 11.6 Å². The minimum atomic E-state index is -0.872. The molecule has 3 rings (SSSR count). The zero-order chi connectivity index (χ0) is 18.5. The maximum atomic E-state index is 13.6. The Bertz CT molecular complexity index is 775. The number of carbonyl (C=O) groups is 2. The maximum absolute atomic E-state index is 13.6. The van der Waals surface area contributed by atoms with Crippen LogP contribution in [0.15, 0.2) is 35.7 Å². The summed E-state index contributed by atoms with van der Waals surface area (Å²) in [5.74, 6) is -2.09. The molecule has 0 unspecified atom stereocenters. The molecule has 0 bridgehead atoms. The van der Waals surface area contributed by atoms with Crippen molar-refractivity contribution in [1.29, 1.82) is 0 Å². The monoisotopic (exact) mass is 379 g/mol. The van der Waals surface area contributed by atoms with Gasteiger partial charge in [-0.25, -0.2) is 8.78 Å². The van der Waals surface area contributed by atoms with Gasteiger partial charge in [-0.3, -0.25) is 14.5 Å². The van der Waals surface area contributed by atoms with Crippen LogP contribution in [0, 0.1) is 11.6 Å². The second kappa shape index (κ2) is 8.37. The van der Waals surface area contributed by atoms with E-state index in [1.165, 1.54) is 11.3 Å². The van der Waals surface area contributed by atoms with Gasteiger partial charge < -0.3 is 10.2 Å². The normalized spacial score (nSPS) is 15.1. The molecule has 8 heteroatoms. The van der Waals surface area contributed by atoms with E-state index in [1.807, 2.05) is 22.4 Å². The summed E-state index contributed by atoms with van der Waals surface area (Å²) in [7, 11) is 0. The lowest BCUT2D eigenvalue weighted by atomic mass is 10.2. The lowest BCUT2D eigenvalue weighted by Gasteiger charge is -2.34. The number of nitrogens with zero attached hydrogens (tertiary/aromatic N) is 2. The number of rotatable bonds is 5. The van der Waals surface area contributed by atoms with E-state index in [2.05, 4.69) is 10.2 Å². The highest BCUT2D eigenvalue weighted by molar-refractivity contribution is 7.12. The first-order chi connectivity index (χ1) is 12.5. The molecule has 26 heavy (non-hydrogen) atoms. The third-order valence-corrected chi connectivity index (χ3v) is 5.14. The van der Waals surface area contributed by atoms with E-state index in [0.29, 0.717) is 32.2 Å². The Balaban J connectivity index is 1.41.